The molecule has 6 nitrogen and oxygen atoms in total. The molecule has 1 aliphatic rings. The van der Waals surface area contributed by atoms with Gasteiger partial charge < -0.3 is 20.1 Å². The molecule has 0 aliphatic carbocycles. The first-order valence-corrected chi connectivity index (χ1v) is 13.4. The van der Waals surface area contributed by atoms with Crippen LogP contribution in [0, 0.1) is 20.8 Å². The first kappa shape index (κ1) is 25.9. The Hall–Kier alpha value is -3.68. The Morgan fingerprint density at radius 2 is 1.82 bits per heavy atom. The van der Waals surface area contributed by atoms with Gasteiger partial charge >= 0.3 is 0 Å². The molecule has 4 aromatic rings. The second-order valence-corrected chi connectivity index (χ2v) is 10.4. The molecule has 2 atom stereocenters. The van der Waals surface area contributed by atoms with E-state index in [2.05, 4.69) is 51.9 Å². The fraction of sp³-hybridized carbons (Fsp3) is 0.233. The van der Waals surface area contributed by atoms with E-state index in [0.717, 1.165) is 39.6 Å². The highest BCUT2D eigenvalue weighted by Crippen LogP contribution is 2.41. The summed E-state index contributed by atoms with van der Waals surface area (Å²) in [5.74, 6) is -0.0564. The van der Waals surface area contributed by atoms with Gasteiger partial charge in [-0.2, -0.15) is 0 Å². The number of nitrogens with one attached hydrogen (secondary N) is 2. The molecule has 38 heavy (non-hydrogen) atoms. The minimum atomic E-state index is -0.157. The number of carbonyl (C=O) groups excluding carboxylic acids is 1. The highest BCUT2D eigenvalue weighted by Gasteiger charge is 2.41. The van der Waals surface area contributed by atoms with Crippen LogP contribution in [0.3, 0.4) is 0 Å². The summed E-state index contributed by atoms with van der Waals surface area (Å²) in [6, 6.07) is 23.3. The van der Waals surface area contributed by atoms with Gasteiger partial charge in [0.05, 0.1) is 17.8 Å². The van der Waals surface area contributed by atoms with E-state index in [9.17, 15) is 4.79 Å². The molecule has 8 heteroatoms. The normalized spacial score (nSPS) is 16.9. The van der Waals surface area contributed by atoms with Gasteiger partial charge in [-0.25, -0.2) is 0 Å². The first-order chi connectivity index (χ1) is 18.3. The van der Waals surface area contributed by atoms with Gasteiger partial charge in [0.2, 0.25) is 5.91 Å². The lowest BCUT2D eigenvalue weighted by molar-refractivity contribution is -0.116. The van der Waals surface area contributed by atoms with Crippen molar-refractivity contribution in [3.8, 4) is 5.69 Å². The molecule has 2 aromatic carbocycles. The predicted octanol–water partition coefficient (Wildman–Crippen LogP) is 6.45. The summed E-state index contributed by atoms with van der Waals surface area (Å²) in [5.41, 5.74) is 7.20. The largest absolute Gasteiger partial charge is 0.352 e. The van der Waals surface area contributed by atoms with Crippen molar-refractivity contribution < 1.29 is 4.79 Å². The molecule has 2 unspecified atom stereocenters. The number of anilines is 1. The maximum absolute atomic E-state index is 12.8. The number of hydrogen-bond donors (Lipinski definition) is 2. The van der Waals surface area contributed by atoms with Gasteiger partial charge in [-0.1, -0.05) is 41.9 Å². The van der Waals surface area contributed by atoms with Crippen molar-refractivity contribution in [1.82, 2.24) is 19.8 Å². The van der Waals surface area contributed by atoms with Gasteiger partial charge in [0.15, 0.2) is 5.11 Å². The van der Waals surface area contributed by atoms with E-state index in [1.807, 2.05) is 66.7 Å². The number of aryl methyl sites for hydroxylation is 2. The minimum absolute atomic E-state index is 0.0564. The number of halogens is 1. The fourth-order valence-electron chi connectivity index (χ4n) is 5.23. The SMILES string of the molecule is Cc1ccc(Cl)cc1-n1c(C)cc(C2C(c3ccccn3)NC(=S)N2CCC(=O)Nc2ccccc2)c1C. The van der Waals surface area contributed by atoms with Crippen LogP contribution in [0.25, 0.3) is 5.69 Å². The Balaban J connectivity index is 1.50. The topological polar surface area (TPSA) is 62.2 Å². The van der Waals surface area contributed by atoms with E-state index < -0.39 is 0 Å². The number of thiocarbonyl (C=S) groups is 1. The smallest absolute Gasteiger partial charge is 0.226 e. The van der Waals surface area contributed by atoms with Crippen molar-refractivity contribution >= 4 is 40.5 Å². The molecule has 0 radical (unpaired) electrons. The molecule has 1 fully saturated rings. The third kappa shape index (κ3) is 5.17. The van der Waals surface area contributed by atoms with E-state index in [1.165, 1.54) is 0 Å². The van der Waals surface area contributed by atoms with E-state index in [-0.39, 0.29) is 18.0 Å². The number of para-hydroxylation sites is 1. The molecule has 1 saturated heterocycles. The van der Waals surface area contributed by atoms with Crippen LogP contribution in [0.2, 0.25) is 5.02 Å². The first-order valence-electron chi connectivity index (χ1n) is 12.6. The number of aromatic nitrogens is 2. The Kier molecular flexibility index (Phi) is 7.49. The number of benzene rings is 2. The van der Waals surface area contributed by atoms with Crippen molar-refractivity contribution in [2.75, 3.05) is 11.9 Å². The molecule has 0 bridgehead atoms. The Bertz CT molecular complexity index is 1470. The van der Waals surface area contributed by atoms with Crippen molar-refractivity contribution in [3.63, 3.8) is 0 Å². The quantitative estimate of drug-likeness (QED) is 0.262. The third-order valence-electron chi connectivity index (χ3n) is 7.04. The molecule has 194 valence electrons. The zero-order valence-corrected chi connectivity index (χ0v) is 23.2. The Morgan fingerprint density at radius 1 is 1.05 bits per heavy atom. The lowest BCUT2D eigenvalue weighted by atomic mass is 9.96. The zero-order chi connectivity index (χ0) is 26.8. The standard InChI is InChI=1S/C30H30ClN5OS/c1-19-12-13-22(31)18-26(19)36-20(2)17-24(21(36)3)29-28(25-11-7-8-15-32-25)34-30(38)35(29)16-14-27(37)33-23-9-5-4-6-10-23/h4-13,15,17-18,28-29H,14,16H2,1-3H3,(H,33,37)(H,34,38). The third-order valence-corrected chi connectivity index (χ3v) is 7.62. The lowest BCUT2D eigenvalue weighted by Gasteiger charge is -2.28. The van der Waals surface area contributed by atoms with Crippen LogP contribution in [0.1, 0.15) is 46.7 Å². The summed E-state index contributed by atoms with van der Waals surface area (Å²) < 4.78 is 2.24. The fourth-order valence-corrected chi connectivity index (χ4v) is 5.73. The van der Waals surface area contributed by atoms with Crippen LogP contribution in [0.4, 0.5) is 5.69 Å². The van der Waals surface area contributed by atoms with Crippen molar-refractivity contribution in [1.29, 1.82) is 0 Å². The second kappa shape index (κ2) is 11.0. The van der Waals surface area contributed by atoms with Gasteiger partial charge in [-0.15, -0.1) is 0 Å². The molecule has 1 aliphatic heterocycles. The molecule has 2 N–H and O–H groups in total. The monoisotopic (exact) mass is 543 g/mol. The summed E-state index contributed by atoms with van der Waals surface area (Å²) in [7, 11) is 0. The summed E-state index contributed by atoms with van der Waals surface area (Å²) in [6.07, 6.45) is 2.10. The predicted molar refractivity (Wildman–Crippen MR) is 157 cm³/mol. The van der Waals surface area contributed by atoms with Gasteiger partial charge in [-0.3, -0.25) is 9.78 Å². The van der Waals surface area contributed by atoms with E-state index in [1.54, 1.807) is 6.20 Å². The number of rotatable bonds is 7. The maximum atomic E-state index is 12.8. The Morgan fingerprint density at radius 3 is 2.55 bits per heavy atom. The van der Waals surface area contributed by atoms with Crippen molar-refractivity contribution in [2.24, 2.45) is 0 Å². The van der Waals surface area contributed by atoms with E-state index in [4.69, 9.17) is 23.8 Å². The van der Waals surface area contributed by atoms with Gasteiger partial charge in [0, 0.05) is 46.9 Å². The van der Waals surface area contributed by atoms with Crippen LogP contribution in [-0.4, -0.2) is 32.0 Å². The molecule has 2 aromatic heterocycles. The zero-order valence-electron chi connectivity index (χ0n) is 21.6. The number of nitrogens with zero attached hydrogens (tertiary/aromatic N) is 3. The highest BCUT2D eigenvalue weighted by atomic mass is 35.5. The minimum Gasteiger partial charge on any atom is -0.352 e. The lowest BCUT2D eigenvalue weighted by Crippen LogP contribution is -2.32. The van der Waals surface area contributed by atoms with Crippen LogP contribution < -0.4 is 10.6 Å². The van der Waals surface area contributed by atoms with Gasteiger partial charge in [0.25, 0.3) is 0 Å². The van der Waals surface area contributed by atoms with Crippen LogP contribution in [0.15, 0.2) is 79.0 Å². The molecule has 5 rings (SSSR count). The molecule has 1 amide bonds. The number of pyridine rings is 1. The van der Waals surface area contributed by atoms with E-state index in [0.29, 0.717) is 23.1 Å². The van der Waals surface area contributed by atoms with E-state index >= 15 is 0 Å². The van der Waals surface area contributed by atoms with Gasteiger partial charge in [-0.05, 0) is 86.6 Å². The van der Waals surface area contributed by atoms with Crippen molar-refractivity contribution in [3.05, 3.63) is 112 Å². The molecular weight excluding hydrogens is 514 g/mol. The highest BCUT2D eigenvalue weighted by molar-refractivity contribution is 7.80. The molecule has 0 spiro atoms. The maximum Gasteiger partial charge on any atom is 0.226 e. The molecule has 0 saturated carbocycles. The second-order valence-electron chi connectivity index (χ2n) is 9.58. The van der Waals surface area contributed by atoms with Crippen molar-refractivity contribution in [2.45, 2.75) is 39.3 Å². The molecule has 3 heterocycles. The Labute approximate surface area is 233 Å². The average Bonchev–Trinajstić information content (AvgIpc) is 3.39. The molecular formula is C30H30ClN5OS. The van der Waals surface area contributed by atoms with Gasteiger partial charge in [0.1, 0.15) is 0 Å². The van der Waals surface area contributed by atoms with Crippen LogP contribution in [-0.2, 0) is 4.79 Å². The average molecular weight is 544 g/mol. The number of carbonyl (C=O) groups is 1. The van der Waals surface area contributed by atoms with Crippen LogP contribution in [0.5, 0.6) is 0 Å². The number of hydrogen-bond acceptors (Lipinski definition) is 3. The number of amides is 1. The summed E-state index contributed by atoms with van der Waals surface area (Å²) in [5, 5.41) is 7.78. The summed E-state index contributed by atoms with van der Waals surface area (Å²) in [4.78, 5) is 19.6. The summed E-state index contributed by atoms with van der Waals surface area (Å²) in [6.45, 7) is 6.79. The van der Waals surface area contributed by atoms with Crippen LogP contribution >= 0.6 is 23.8 Å². The summed E-state index contributed by atoms with van der Waals surface area (Å²) >= 11 is 12.2.